The summed E-state index contributed by atoms with van der Waals surface area (Å²) in [5, 5.41) is 30.2. The summed E-state index contributed by atoms with van der Waals surface area (Å²) in [4.78, 5) is 126. The third-order valence-corrected chi connectivity index (χ3v) is 15.9. The second-order valence-corrected chi connectivity index (χ2v) is 22.5. The molecule has 1 saturated heterocycles. The summed E-state index contributed by atoms with van der Waals surface area (Å²) in [7, 11) is 4.93. The average molecular weight is 1190 g/mol. The van der Waals surface area contributed by atoms with Crippen molar-refractivity contribution in [3.63, 3.8) is 0 Å². The Labute approximate surface area is 488 Å². The Hall–Kier alpha value is -7.42. The van der Waals surface area contributed by atoms with Crippen molar-refractivity contribution < 1.29 is 57.7 Å². The maximum Gasteiger partial charge on any atom is 0.248 e. The lowest BCUT2D eigenvalue weighted by Gasteiger charge is -2.29. The second kappa shape index (κ2) is 32.9. The number of carbonyl (C=O) groups excluding carboxylic acids is 9. The number of hydrogen-bond acceptors (Lipinski definition) is 16. The number of rotatable bonds is 22. The fourth-order valence-corrected chi connectivity index (χ4v) is 10.9. The van der Waals surface area contributed by atoms with E-state index in [1.165, 1.54) is 45.4 Å². The first-order chi connectivity index (χ1) is 39.2. The summed E-state index contributed by atoms with van der Waals surface area (Å²) in [6.45, 7) is 1.57. The summed E-state index contributed by atoms with van der Waals surface area (Å²) in [5.74, 6) is -7.24. The van der Waals surface area contributed by atoms with Crippen LogP contribution in [-0.4, -0.2) is 145 Å². The first kappa shape index (κ1) is 65.4. The number of aliphatic hydroxyl groups excluding tert-OH is 1. The van der Waals surface area contributed by atoms with Crippen LogP contribution in [0, 0.1) is 0 Å². The molecule has 0 saturated carbocycles. The average Bonchev–Trinajstić information content (AvgIpc) is 3.57. The molecule has 26 heteroatoms. The zero-order valence-corrected chi connectivity index (χ0v) is 48.0. The van der Waals surface area contributed by atoms with Crippen molar-refractivity contribution in [1.29, 1.82) is 0 Å². The highest BCUT2D eigenvalue weighted by atomic mass is 35.5. The summed E-state index contributed by atoms with van der Waals surface area (Å²) in [6, 6.07) is 14.4. The first-order valence-corrected chi connectivity index (χ1v) is 29.2. The van der Waals surface area contributed by atoms with E-state index in [9.17, 15) is 48.3 Å². The van der Waals surface area contributed by atoms with Gasteiger partial charge in [-0.15, -0.1) is 0 Å². The van der Waals surface area contributed by atoms with E-state index < -0.39 is 108 Å². The van der Waals surface area contributed by atoms with Crippen LogP contribution in [0.3, 0.4) is 0 Å². The Bertz CT molecular complexity index is 2820. The zero-order valence-electron chi connectivity index (χ0n) is 45.7. The predicted octanol–water partition coefficient (Wildman–Crippen LogP) is 0.228. The van der Waals surface area contributed by atoms with Gasteiger partial charge in [0, 0.05) is 41.4 Å². The van der Waals surface area contributed by atoms with Crippen molar-refractivity contribution in [1.82, 2.24) is 37.2 Å². The summed E-state index contributed by atoms with van der Waals surface area (Å²) in [6.07, 6.45) is -0.554. The van der Waals surface area contributed by atoms with Crippen LogP contribution in [0.25, 0.3) is 0 Å². The Morgan fingerprint density at radius 3 is 1.68 bits per heavy atom. The molecule has 0 radical (unpaired) electrons. The molecule has 23 nitrogen and oxygen atoms in total. The molecule has 4 aromatic carbocycles. The highest BCUT2D eigenvalue weighted by molar-refractivity contribution is 8.76. The van der Waals surface area contributed by atoms with Gasteiger partial charge in [0.1, 0.15) is 53.8 Å². The number of nitrogens with one attached hydrogen (secondary N) is 7. The number of halogens is 1. The first-order valence-electron chi connectivity index (χ1n) is 26.4. The summed E-state index contributed by atoms with van der Waals surface area (Å²) in [5.41, 5.74) is 25.9. The third-order valence-electron chi connectivity index (χ3n) is 13.2. The number of aliphatic hydroxyl groups is 1. The minimum Gasteiger partial charge on any atom is -0.497 e. The lowest BCUT2D eigenvalue weighted by molar-refractivity contribution is -0.136. The molecular weight excluding hydrogens is 1120 g/mol. The number of carbonyl (C=O) groups is 9. The molecular formula is C56H72ClN11O12S2. The van der Waals surface area contributed by atoms with E-state index in [1.54, 1.807) is 72.8 Å². The van der Waals surface area contributed by atoms with E-state index in [-0.39, 0.29) is 49.2 Å². The number of benzene rings is 4. The van der Waals surface area contributed by atoms with E-state index in [0.29, 0.717) is 64.6 Å². The Balaban J connectivity index is 1.59. The largest absolute Gasteiger partial charge is 0.497 e. The molecule has 0 bridgehead atoms. The van der Waals surface area contributed by atoms with E-state index in [4.69, 9.17) is 44.0 Å². The Kier molecular flexibility index (Phi) is 26.2. The van der Waals surface area contributed by atoms with E-state index in [1.807, 2.05) is 0 Å². The van der Waals surface area contributed by atoms with Gasteiger partial charge in [-0.3, -0.25) is 43.2 Å². The molecule has 16 N–H and O–H groups in total. The number of ether oxygens (including phenoxy) is 2. The van der Waals surface area contributed by atoms with Gasteiger partial charge in [-0.1, -0.05) is 94.6 Å². The second-order valence-electron chi connectivity index (χ2n) is 19.5. The smallest absolute Gasteiger partial charge is 0.248 e. The number of methoxy groups -OCH3 is 2. The fraction of sp³-hybridized carbons (Fsp3) is 0.411. The highest BCUT2D eigenvalue weighted by Crippen LogP contribution is 2.25. The molecule has 82 heavy (non-hydrogen) atoms. The molecule has 0 aromatic heterocycles. The lowest BCUT2D eigenvalue weighted by Crippen LogP contribution is -2.62. The predicted molar refractivity (Wildman–Crippen MR) is 312 cm³/mol. The van der Waals surface area contributed by atoms with Crippen LogP contribution in [0.5, 0.6) is 11.5 Å². The van der Waals surface area contributed by atoms with Crippen LogP contribution in [0.2, 0.25) is 5.02 Å². The van der Waals surface area contributed by atoms with Crippen LogP contribution in [0.15, 0.2) is 97.1 Å². The molecule has 1 fully saturated rings. The van der Waals surface area contributed by atoms with Gasteiger partial charge >= 0.3 is 0 Å². The van der Waals surface area contributed by atoms with Crippen molar-refractivity contribution in [3.05, 3.63) is 130 Å². The van der Waals surface area contributed by atoms with Crippen LogP contribution in [0.1, 0.15) is 65.2 Å². The minimum absolute atomic E-state index is 0.00604. The van der Waals surface area contributed by atoms with E-state index in [0.717, 1.165) is 21.6 Å². The summed E-state index contributed by atoms with van der Waals surface area (Å²) >= 11 is 6.09. The van der Waals surface area contributed by atoms with Crippen molar-refractivity contribution >= 4 is 86.4 Å². The molecule has 0 aliphatic carbocycles. The molecule has 4 aromatic rings. The summed E-state index contributed by atoms with van der Waals surface area (Å²) < 4.78 is 10.6. The van der Waals surface area contributed by atoms with Gasteiger partial charge in [-0.05, 0) is 104 Å². The quantitative estimate of drug-likeness (QED) is 0.0370. The topological polar surface area (TPSA) is 381 Å². The van der Waals surface area contributed by atoms with Crippen molar-refractivity contribution in [2.45, 2.75) is 113 Å². The standard InChI is InChI=1S/C56H72ClN11O12S2/c1-31(69)47-56(78)67-46(54(76)63-42(49(61)71)26-34-12-20-38(79-2)21-13-34)30-82-81-29-45(66-50(72)40(59)25-32-10-18-37(57)19-11-32)55(77)65-44(28-35-14-22-39(80-3)23-15-35)53(75)64-43(27-33-8-16-36(17-9-33)48(60)70)52(74)62-41(51(73)68-47)7-5-4-6-24-58/h8-23,31,40-47,69H,4-7,24-30,58-59H2,1-3H3,(H2,60,70)(H2,61,71)(H,62,74)(H,63,76)(H,64,75)(H,65,77)(H,66,72)(H,67,78)(H,68,73)/t31-,40+,41+,42?,43-,44+,45-,46+,47+/m1/s1. The molecule has 5 rings (SSSR count). The molecule has 1 aliphatic rings. The molecule has 0 spiro atoms. The minimum atomic E-state index is -1.74. The van der Waals surface area contributed by atoms with Crippen LogP contribution in [0.4, 0.5) is 0 Å². The normalized spacial score (nSPS) is 20.6. The van der Waals surface area contributed by atoms with Gasteiger partial charge in [0.15, 0.2) is 0 Å². The molecule has 9 amide bonds. The SMILES string of the molecule is COc1ccc(CC(NC(=O)[C@@H]2CSSC[C@@H](NC(=O)[C@@H](N)Cc3ccc(Cl)cc3)C(=O)N[C@@H](Cc3ccc(OC)cc3)C(=O)N[C@H](Cc3ccc(C(N)=O)cc3)C(=O)N[C@@H](CCCCCN)C(=O)N[C@@H]([C@@H](C)O)C(=O)N2)C(N)=O)cc1. The number of amides is 9. The highest BCUT2D eigenvalue weighted by Gasteiger charge is 2.36. The van der Waals surface area contributed by atoms with Gasteiger partial charge in [-0.25, -0.2) is 0 Å². The zero-order chi connectivity index (χ0) is 59.9. The van der Waals surface area contributed by atoms with Gasteiger partial charge in [0.05, 0.1) is 26.4 Å². The third kappa shape index (κ3) is 20.8. The van der Waals surface area contributed by atoms with Crippen LogP contribution in [-0.2, 0) is 64.0 Å². The monoisotopic (exact) mass is 1190 g/mol. The molecule has 1 aliphatic heterocycles. The van der Waals surface area contributed by atoms with Gasteiger partial charge in [0.25, 0.3) is 0 Å². The van der Waals surface area contributed by atoms with Crippen LogP contribution >= 0.6 is 33.2 Å². The maximum atomic E-state index is 14.9. The van der Waals surface area contributed by atoms with Crippen molar-refractivity contribution in [2.75, 3.05) is 32.3 Å². The molecule has 1 unspecified atom stereocenters. The van der Waals surface area contributed by atoms with Crippen LogP contribution < -0.4 is 69.6 Å². The van der Waals surface area contributed by atoms with Crippen molar-refractivity contribution in [3.8, 4) is 11.5 Å². The Morgan fingerprint density at radius 1 is 0.646 bits per heavy atom. The molecule has 9 atom stereocenters. The lowest BCUT2D eigenvalue weighted by atomic mass is 10.00. The number of primary amides is 2. The molecule has 442 valence electrons. The van der Waals surface area contributed by atoms with E-state index in [2.05, 4.69) is 37.2 Å². The Morgan fingerprint density at radius 2 is 1.15 bits per heavy atom. The van der Waals surface area contributed by atoms with Gasteiger partial charge in [-0.2, -0.15) is 0 Å². The molecule has 1 heterocycles. The van der Waals surface area contributed by atoms with Gasteiger partial charge < -0.3 is 74.7 Å². The number of hydrogen-bond donors (Lipinski definition) is 12. The van der Waals surface area contributed by atoms with Crippen molar-refractivity contribution in [2.24, 2.45) is 22.9 Å². The van der Waals surface area contributed by atoms with E-state index >= 15 is 0 Å². The fourth-order valence-electron chi connectivity index (χ4n) is 8.47. The number of nitrogens with two attached hydrogens (primary N) is 4. The maximum absolute atomic E-state index is 14.9. The van der Waals surface area contributed by atoms with Gasteiger partial charge in [0.2, 0.25) is 53.2 Å². The number of unbranched alkanes of at least 4 members (excludes halogenated alkanes) is 2.